The minimum atomic E-state index is 0.942. The second kappa shape index (κ2) is 14.8. The number of benzene rings is 1. The maximum atomic E-state index is 4.62. The molecule has 2 rings (SSSR count). The van der Waals surface area contributed by atoms with Gasteiger partial charge in [-0.25, -0.2) is 0 Å². The Balaban J connectivity index is 0.00000249. The van der Waals surface area contributed by atoms with Gasteiger partial charge in [0.05, 0.1) is 0 Å². The maximum Gasteiger partial charge on any atom is 0.0444 e. The fraction of sp³-hybridized carbons (Fsp3) is 0.300. The molecule has 0 heterocycles. The third-order valence-corrected chi connectivity index (χ3v) is 5.25. The van der Waals surface area contributed by atoms with Gasteiger partial charge < -0.3 is 5.32 Å². The SMILES string of the molecule is C=C(/C=C\N=C(C)C1=CCCC=C1C)C(/C=C\C=C(/C)c1ccccc1NC)=C/C.CC. The van der Waals surface area contributed by atoms with Crippen LogP contribution in [0, 0.1) is 0 Å². The minimum Gasteiger partial charge on any atom is -0.388 e. The molecule has 0 amide bonds. The van der Waals surface area contributed by atoms with Gasteiger partial charge in [0.2, 0.25) is 0 Å². The molecule has 0 unspecified atom stereocenters. The highest BCUT2D eigenvalue weighted by molar-refractivity contribution is 6.02. The van der Waals surface area contributed by atoms with E-state index in [1.807, 2.05) is 46.2 Å². The molecule has 1 aliphatic carbocycles. The van der Waals surface area contributed by atoms with Gasteiger partial charge in [-0.1, -0.05) is 75.1 Å². The standard InChI is InChI=1S/C28H34N2.C2H6/c1-7-25(15-12-14-23(4)27-17-10-11-18-28(27)29-6)21(2)19-20-30-24(5)26-16-9-8-13-22(26)3;1-2/h7,10-20,29H,2,8-9H2,1,3-6H3;1-2H3/b15-12-,20-19-,23-14+,25-7+,30-24?;. The number of hydrogen-bond acceptors (Lipinski definition) is 2. The van der Waals surface area contributed by atoms with Crippen molar-refractivity contribution >= 4 is 17.0 Å². The molecule has 0 spiro atoms. The summed E-state index contributed by atoms with van der Waals surface area (Å²) in [6.07, 6.45) is 19.0. The predicted octanol–water partition coefficient (Wildman–Crippen LogP) is 8.86. The molecule has 0 atom stereocenters. The lowest BCUT2D eigenvalue weighted by atomic mass is 9.96. The van der Waals surface area contributed by atoms with Crippen molar-refractivity contribution in [1.82, 2.24) is 0 Å². The summed E-state index contributed by atoms with van der Waals surface area (Å²) in [6, 6.07) is 8.32. The molecule has 0 saturated carbocycles. The van der Waals surface area contributed by atoms with Gasteiger partial charge in [-0.2, -0.15) is 0 Å². The van der Waals surface area contributed by atoms with Crippen molar-refractivity contribution < 1.29 is 0 Å². The Morgan fingerprint density at radius 2 is 1.75 bits per heavy atom. The summed E-state index contributed by atoms with van der Waals surface area (Å²) in [7, 11) is 1.95. The summed E-state index contributed by atoms with van der Waals surface area (Å²) < 4.78 is 0. The molecule has 2 nitrogen and oxygen atoms in total. The van der Waals surface area contributed by atoms with Gasteiger partial charge in [-0.3, -0.25) is 4.99 Å². The lowest BCUT2D eigenvalue weighted by Crippen LogP contribution is -2.01. The number of para-hydroxylation sites is 1. The molecule has 2 heteroatoms. The predicted molar refractivity (Wildman–Crippen MR) is 146 cm³/mol. The number of nitrogens with one attached hydrogen (secondary N) is 1. The normalized spacial score (nSPS) is 15.3. The molecule has 0 radical (unpaired) electrons. The number of hydrogen-bond donors (Lipinski definition) is 1. The van der Waals surface area contributed by atoms with Gasteiger partial charge in [0.15, 0.2) is 0 Å². The fourth-order valence-corrected chi connectivity index (χ4v) is 3.46. The average Bonchev–Trinajstić information content (AvgIpc) is 2.83. The van der Waals surface area contributed by atoms with E-state index in [9.17, 15) is 0 Å². The Morgan fingerprint density at radius 3 is 2.41 bits per heavy atom. The minimum absolute atomic E-state index is 0.942. The Kier molecular flexibility index (Phi) is 12.4. The zero-order chi connectivity index (χ0) is 23.9. The van der Waals surface area contributed by atoms with E-state index >= 15 is 0 Å². The highest BCUT2D eigenvalue weighted by Crippen LogP contribution is 2.23. The van der Waals surface area contributed by atoms with Gasteiger partial charge in [-0.15, -0.1) is 0 Å². The quantitative estimate of drug-likeness (QED) is 0.324. The third-order valence-electron chi connectivity index (χ3n) is 5.25. The van der Waals surface area contributed by atoms with E-state index < -0.39 is 0 Å². The van der Waals surface area contributed by atoms with Gasteiger partial charge in [0.1, 0.15) is 0 Å². The average molecular weight is 429 g/mol. The molecule has 1 aliphatic rings. The van der Waals surface area contributed by atoms with Crippen LogP contribution in [0.3, 0.4) is 0 Å². The van der Waals surface area contributed by atoms with E-state index in [2.05, 4.69) is 92.3 Å². The topological polar surface area (TPSA) is 24.4 Å². The lowest BCUT2D eigenvalue weighted by molar-refractivity contribution is 1.00. The molecule has 1 aromatic carbocycles. The molecule has 0 saturated heterocycles. The molecule has 0 bridgehead atoms. The van der Waals surface area contributed by atoms with Gasteiger partial charge >= 0.3 is 0 Å². The van der Waals surface area contributed by atoms with Crippen molar-refractivity contribution in [3.05, 3.63) is 107 Å². The van der Waals surface area contributed by atoms with Crippen LogP contribution >= 0.6 is 0 Å². The number of anilines is 1. The van der Waals surface area contributed by atoms with E-state index in [1.165, 1.54) is 22.3 Å². The molecule has 0 fully saturated rings. The van der Waals surface area contributed by atoms with Crippen molar-refractivity contribution in [2.75, 3.05) is 12.4 Å². The summed E-state index contributed by atoms with van der Waals surface area (Å²) >= 11 is 0. The summed E-state index contributed by atoms with van der Waals surface area (Å²) in [6.45, 7) is 16.6. The fourth-order valence-electron chi connectivity index (χ4n) is 3.46. The summed E-state index contributed by atoms with van der Waals surface area (Å²) in [4.78, 5) is 4.62. The number of nitrogens with zero attached hydrogens (tertiary/aromatic N) is 1. The third kappa shape index (κ3) is 8.19. The van der Waals surface area contributed by atoms with Crippen LogP contribution in [0.25, 0.3) is 5.57 Å². The van der Waals surface area contributed by atoms with E-state index in [-0.39, 0.29) is 0 Å². The first kappa shape index (κ1) is 26.9. The number of allylic oxidation sites excluding steroid dienone is 12. The van der Waals surface area contributed by atoms with Crippen LogP contribution < -0.4 is 5.32 Å². The van der Waals surface area contributed by atoms with Crippen LogP contribution in [0.5, 0.6) is 0 Å². The van der Waals surface area contributed by atoms with E-state index in [0.717, 1.165) is 35.4 Å². The lowest BCUT2D eigenvalue weighted by Gasteiger charge is -2.11. The van der Waals surface area contributed by atoms with Crippen molar-refractivity contribution in [1.29, 1.82) is 0 Å². The second-order valence-corrected chi connectivity index (χ2v) is 7.39. The molecule has 0 aliphatic heterocycles. The van der Waals surface area contributed by atoms with Crippen LogP contribution in [0.1, 0.15) is 59.9 Å². The monoisotopic (exact) mass is 428 g/mol. The van der Waals surface area contributed by atoms with Crippen LogP contribution in [-0.4, -0.2) is 12.8 Å². The van der Waals surface area contributed by atoms with Gasteiger partial charge in [-0.05, 0) is 80.5 Å². The Hall–Kier alpha value is -3.13. The number of rotatable bonds is 8. The van der Waals surface area contributed by atoms with Crippen molar-refractivity contribution in [3.8, 4) is 0 Å². The Morgan fingerprint density at radius 1 is 1.06 bits per heavy atom. The van der Waals surface area contributed by atoms with Gasteiger partial charge in [0, 0.05) is 30.2 Å². The van der Waals surface area contributed by atoms with Crippen LogP contribution in [-0.2, 0) is 0 Å². The molecular weight excluding hydrogens is 388 g/mol. The first-order valence-corrected chi connectivity index (χ1v) is 11.5. The summed E-state index contributed by atoms with van der Waals surface area (Å²) in [5.74, 6) is 0. The Bertz CT molecular complexity index is 976. The van der Waals surface area contributed by atoms with E-state index in [0.29, 0.717) is 0 Å². The molecule has 1 aromatic rings. The second-order valence-electron chi connectivity index (χ2n) is 7.39. The highest BCUT2D eigenvalue weighted by atomic mass is 14.8. The maximum absolute atomic E-state index is 4.62. The van der Waals surface area contributed by atoms with Crippen LogP contribution in [0.2, 0.25) is 0 Å². The highest BCUT2D eigenvalue weighted by Gasteiger charge is 2.06. The smallest absolute Gasteiger partial charge is 0.0444 e. The molecule has 170 valence electrons. The van der Waals surface area contributed by atoms with E-state index in [4.69, 9.17) is 0 Å². The molecule has 1 N–H and O–H groups in total. The zero-order valence-electron chi connectivity index (χ0n) is 21.0. The van der Waals surface area contributed by atoms with Crippen molar-refractivity contribution in [2.24, 2.45) is 4.99 Å². The molecule has 32 heavy (non-hydrogen) atoms. The van der Waals surface area contributed by atoms with Crippen LogP contribution in [0.15, 0.2) is 107 Å². The summed E-state index contributed by atoms with van der Waals surface area (Å²) in [5.41, 5.74) is 9.18. The number of aliphatic imine (C=N–C) groups is 1. The van der Waals surface area contributed by atoms with Crippen molar-refractivity contribution in [2.45, 2.75) is 54.4 Å². The Labute approximate surface area is 196 Å². The van der Waals surface area contributed by atoms with Gasteiger partial charge in [0.25, 0.3) is 0 Å². The largest absolute Gasteiger partial charge is 0.388 e. The first-order chi connectivity index (χ1) is 15.5. The molecular formula is C30H40N2. The zero-order valence-corrected chi connectivity index (χ0v) is 21.0. The summed E-state index contributed by atoms with van der Waals surface area (Å²) in [5, 5.41) is 3.24. The first-order valence-electron chi connectivity index (χ1n) is 11.5. The molecule has 0 aromatic heterocycles. The van der Waals surface area contributed by atoms with E-state index in [1.54, 1.807) is 0 Å². The van der Waals surface area contributed by atoms with Crippen LogP contribution in [0.4, 0.5) is 5.69 Å². The van der Waals surface area contributed by atoms with Crippen molar-refractivity contribution in [3.63, 3.8) is 0 Å².